The van der Waals surface area contributed by atoms with Gasteiger partial charge in [0.1, 0.15) is 17.0 Å². The van der Waals surface area contributed by atoms with Crippen molar-refractivity contribution in [2.45, 2.75) is 13.0 Å². The first kappa shape index (κ1) is 10.3. The van der Waals surface area contributed by atoms with E-state index in [1.165, 1.54) is 0 Å². The molecule has 0 fully saturated rings. The van der Waals surface area contributed by atoms with Gasteiger partial charge in [0, 0.05) is 13.6 Å². The number of anilines is 1. The lowest BCUT2D eigenvalue weighted by Gasteiger charge is -2.19. The van der Waals surface area contributed by atoms with Crippen LogP contribution in [0, 0.1) is 0 Å². The van der Waals surface area contributed by atoms with Crippen LogP contribution in [0.3, 0.4) is 0 Å². The number of aliphatic hydroxyl groups is 1. The standard InChI is InChI=1S/C10H13N3OS/c1-7(14)5-13(2)9-8-3-4-15-10(8)12-6-11-9/h3-4,6-7,14H,5H2,1-2H3. The molecule has 0 saturated carbocycles. The van der Waals surface area contributed by atoms with Crippen molar-refractivity contribution in [2.24, 2.45) is 0 Å². The molecule has 2 aromatic heterocycles. The Kier molecular flexibility index (Phi) is 2.83. The van der Waals surface area contributed by atoms with E-state index < -0.39 is 0 Å². The Hall–Kier alpha value is -1.20. The van der Waals surface area contributed by atoms with Gasteiger partial charge in [0.2, 0.25) is 0 Å². The molecule has 0 aromatic carbocycles. The lowest BCUT2D eigenvalue weighted by Crippen LogP contribution is -2.27. The van der Waals surface area contributed by atoms with Crippen LogP contribution in [0.1, 0.15) is 6.92 Å². The number of aliphatic hydroxyl groups excluding tert-OH is 1. The zero-order valence-corrected chi connectivity index (χ0v) is 9.53. The Morgan fingerprint density at radius 1 is 1.53 bits per heavy atom. The van der Waals surface area contributed by atoms with Gasteiger partial charge in [0.25, 0.3) is 0 Å². The summed E-state index contributed by atoms with van der Waals surface area (Å²) in [6.45, 7) is 2.34. The largest absolute Gasteiger partial charge is 0.392 e. The van der Waals surface area contributed by atoms with Gasteiger partial charge in [-0.2, -0.15) is 0 Å². The van der Waals surface area contributed by atoms with Crippen LogP contribution in [0.4, 0.5) is 5.82 Å². The molecule has 0 saturated heterocycles. The molecule has 0 aliphatic rings. The summed E-state index contributed by atoms with van der Waals surface area (Å²) in [7, 11) is 1.92. The molecule has 4 nitrogen and oxygen atoms in total. The Bertz CT molecular complexity index is 455. The van der Waals surface area contributed by atoms with Crippen LogP contribution >= 0.6 is 11.3 Å². The Labute approximate surface area is 92.2 Å². The van der Waals surface area contributed by atoms with Gasteiger partial charge in [-0.25, -0.2) is 9.97 Å². The highest BCUT2D eigenvalue weighted by Crippen LogP contribution is 2.25. The van der Waals surface area contributed by atoms with Gasteiger partial charge in [0.05, 0.1) is 11.5 Å². The van der Waals surface area contributed by atoms with Crippen molar-refractivity contribution in [3.05, 3.63) is 17.8 Å². The highest BCUT2D eigenvalue weighted by Gasteiger charge is 2.10. The molecule has 0 radical (unpaired) electrons. The summed E-state index contributed by atoms with van der Waals surface area (Å²) in [5, 5.41) is 12.4. The number of hydrogen-bond acceptors (Lipinski definition) is 5. The first-order valence-electron chi connectivity index (χ1n) is 4.76. The first-order valence-corrected chi connectivity index (χ1v) is 5.64. The third-order valence-corrected chi connectivity index (χ3v) is 2.96. The first-order chi connectivity index (χ1) is 7.18. The fourth-order valence-electron chi connectivity index (χ4n) is 1.56. The SMILES string of the molecule is CC(O)CN(C)c1ncnc2sccc12. The van der Waals surface area contributed by atoms with Gasteiger partial charge in [-0.3, -0.25) is 0 Å². The number of hydrogen-bond donors (Lipinski definition) is 1. The van der Waals surface area contributed by atoms with E-state index in [2.05, 4.69) is 9.97 Å². The van der Waals surface area contributed by atoms with Gasteiger partial charge in [-0.15, -0.1) is 11.3 Å². The van der Waals surface area contributed by atoms with Gasteiger partial charge in [-0.1, -0.05) is 0 Å². The topological polar surface area (TPSA) is 49.2 Å². The van der Waals surface area contributed by atoms with Crippen molar-refractivity contribution in [1.29, 1.82) is 0 Å². The molecular weight excluding hydrogens is 210 g/mol. The molecule has 1 unspecified atom stereocenters. The number of nitrogens with zero attached hydrogens (tertiary/aromatic N) is 3. The van der Waals surface area contributed by atoms with Crippen LogP contribution in [0.15, 0.2) is 17.8 Å². The van der Waals surface area contributed by atoms with Crippen molar-refractivity contribution in [1.82, 2.24) is 9.97 Å². The maximum Gasteiger partial charge on any atom is 0.140 e. The zero-order valence-electron chi connectivity index (χ0n) is 8.71. The lowest BCUT2D eigenvalue weighted by molar-refractivity contribution is 0.201. The second-order valence-electron chi connectivity index (χ2n) is 3.57. The van der Waals surface area contributed by atoms with E-state index in [4.69, 9.17) is 0 Å². The number of fused-ring (bicyclic) bond motifs is 1. The predicted molar refractivity (Wildman–Crippen MR) is 62.4 cm³/mol. The van der Waals surface area contributed by atoms with E-state index in [-0.39, 0.29) is 6.10 Å². The normalized spacial score (nSPS) is 13.0. The van der Waals surface area contributed by atoms with Gasteiger partial charge in [-0.05, 0) is 18.4 Å². The van der Waals surface area contributed by atoms with Crippen molar-refractivity contribution < 1.29 is 5.11 Å². The Balaban J connectivity index is 2.38. The monoisotopic (exact) mass is 223 g/mol. The fourth-order valence-corrected chi connectivity index (χ4v) is 2.29. The predicted octanol–water partition coefficient (Wildman–Crippen LogP) is 1.51. The molecule has 2 aromatic rings. The minimum Gasteiger partial charge on any atom is -0.392 e. The minimum absolute atomic E-state index is 0.362. The molecule has 0 aliphatic heterocycles. The van der Waals surface area contributed by atoms with Gasteiger partial charge < -0.3 is 10.0 Å². The van der Waals surface area contributed by atoms with Crippen molar-refractivity contribution in [3.63, 3.8) is 0 Å². The smallest absolute Gasteiger partial charge is 0.140 e. The molecule has 2 rings (SSSR count). The maximum atomic E-state index is 9.32. The Morgan fingerprint density at radius 2 is 2.33 bits per heavy atom. The quantitative estimate of drug-likeness (QED) is 0.857. The number of likely N-dealkylation sites (N-methyl/N-ethyl adjacent to an activating group) is 1. The third kappa shape index (κ3) is 2.08. The molecule has 1 N–H and O–H groups in total. The second kappa shape index (κ2) is 4.12. The molecular formula is C10H13N3OS. The van der Waals surface area contributed by atoms with Crippen LogP contribution in [0.5, 0.6) is 0 Å². The summed E-state index contributed by atoms with van der Waals surface area (Å²) in [5.41, 5.74) is 0. The van der Waals surface area contributed by atoms with E-state index in [0.717, 1.165) is 16.0 Å². The molecule has 0 aliphatic carbocycles. The van der Waals surface area contributed by atoms with Crippen LogP contribution in [0.2, 0.25) is 0 Å². The zero-order chi connectivity index (χ0) is 10.8. The van der Waals surface area contributed by atoms with Gasteiger partial charge in [0.15, 0.2) is 0 Å². The van der Waals surface area contributed by atoms with E-state index in [9.17, 15) is 5.11 Å². The van der Waals surface area contributed by atoms with Crippen molar-refractivity contribution in [3.8, 4) is 0 Å². The third-order valence-electron chi connectivity index (χ3n) is 2.14. The van der Waals surface area contributed by atoms with E-state index in [0.29, 0.717) is 6.54 Å². The Morgan fingerprint density at radius 3 is 3.07 bits per heavy atom. The van der Waals surface area contributed by atoms with Crippen molar-refractivity contribution in [2.75, 3.05) is 18.5 Å². The average Bonchev–Trinajstić information content (AvgIpc) is 2.63. The highest BCUT2D eigenvalue weighted by atomic mass is 32.1. The van der Waals surface area contributed by atoms with Crippen LogP contribution in [-0.2, 0) is 0 Å². The average molecular weight is 223 g/mol. The lowest BCUT2D eigenvalue weighted by atomic mass is 10.3. The van der Waals surface area contributed by atoms with Crippen LogP contribution < -0.4 is 4.90 Å². The summed E-state index contributed by atoms with van der Waals surface area (Å²) in [4.78, 5) is 11.4. The maximum absolute atomic E-state index is 9.32. The molecule has 80 valence electrons. The van der Waals surface area contributed by atoms with E-state index >= 15 is 0 Å². The minimum atomic E-state index is -0.362. The number of aromatic nitrogens is 2. The van der Waals surface area contributed by atoms with E-state index in [1.807, 2.05) is 23.4 Å². The molecule has 15 heavy (non-hydrogen) atoms. The number of thiophene rings is 1. The van der Waals surface area contributed by atoms with Crippen LogP contribution in [0.25, 0.3) is 10.2 Å². The molecule has 5 heteroatoms. The summed E-state index contributed by atoms with van der Waals surface area (Å²) in [5.74, 6) is 0.877. The molecule has 1 atom stereocenters. The summed E-state index contributed by atoms with van der Waals surface area (Å²) in [6, 6.07) is 2.01. The second-order valence-corrected chi connectivity index (χ2v) is 4.46. The summed E-state index contributed by atoms with van der Waals surface area (Å²) < 4.78 is 0. The summed E-state index contributed by atoms with van der Waals surface area (Å²) >= 11 is 1.60. The molecule has 0 amide bonds. The molecule has 0 bridgehead atoms. The van der Waals surface area contributed by atoms with Crippen LogP contribution in [-0.4, -0.2) is 34.8 Å². The molecule has 0 spiro atoms. The highest BCUT2D eigenvalue weighted by molar-refractivity contribution is 7.16. The van der Waals surface area contributed by atoms with E-state index in [1.54, 1.807) is 24.6 Å². The number of rotatable bonds is 3. The van der Waals surface area contributed by atoms with Gasteiger partial charge >= 0.3 is 0 Å². The molecule has 2 heterocycles. The van der Waals surface area contributed by atoms with Crippen molar-refractivity contribution >= 4 is 27.4 Å². The summed E-state index contributed by atoms with van der Waals surface area (Å²) in [6.07, 6.45) is 1.20. The fraction of sp³-hybridized carbons (Fsp3) is 0.400.